The predicted molar refractivity (Wildman–Crippen MR) is 140 cm³/mol. The fraction of sp³-hybridized carbons (Fsp3) is 0.464. The van der Waals surface area contributed by atoms with E-state index < -0.39 is 24.0 Å². The quantitative estimate of drug-likeness (QED) is 0.594. The Balaban J connectivity index is 1.60. The molecule has 198 valence electrons. The molecule has 2 aromatic rings. The highest BCUT2D eigenvalue weighted by atomic mass is 19.1. The van der Waals surface area contributed by atoms with E-state index in [0.717, 1.165) is 31.2 Å². The van der Waals surface area contributed by atoms with Crippen LogP contribution in [0.5, 0.6) is 5.88 Å². The molecule has 1 aliphatic heterocycles. The van der Waals surface area contributed by atoms with Crippen LogP contribution in [-0.4, -0.2) is 70.7 Å². The number of pyridine rings is 1. The normalized spacial score (nSPS) is 20.6. The molecule has 37 heavy (non-hydrogen) atoms. The number of amides is 3. The molecule has 2 N–H and O–H groups in total. The third-order valence-electron chi connectivity index (χ3n) is 7.06. The molecule has 8 nitrogen and oxygen atoms in total. The Kier molecular flexibility index (Phi) is 8.43. The third-order valence-corrected chi connectivity index (χ3v) is 7.06. The fourth-order valence-electron chi connectivity index (χ4n) is 4.73. The summed E-state index contributed by atoms with van der Waals surface area (Å²) in [5.74, 6) is -0.620. The third kappa shape index (κ3) is 6.28. The van der Waals surface area contributed by atoms with Gasteiger partial charge in [-0.15, -0.1) is 0 Å². The molecular weight excluding hydrogens is 475 g/mol. The van der Waals surface area contributed by atoms with Crippen LogP contribution in [-0.2, 0) is 0 Å². The van der Waals surface area contributed by atoms with E-state index in [2.05, 4.69) is 16.4 Å². The number of halogens is 1. The van der Waals surface area contributed by atoms with E-state index in [-0.39, 0.29) is 30.9 Å². The molecule has 9 heteroatoms. The van der Waals surface area contributed by atoms with Gasteiger partial charge in [0.2, 0.25) is 5.88 Å². The predicted octanol–water partition coefficient (Wildman–Crippen LogP) is 4.56. The molecule has 0 saturated carbocycles. The molecule has 0 spiro atoms. The topological polar surface area (TPSA) is 95.0 Å². The van der Waals surface area contributed by atoms with Crippen LogP contribution in [0, 0.1) is 11.7 Å². The van der Waals surface area contributed by atoms with Gasteiger partial charge in [-0.2, -0.15) is 0 Å². The second kappa shape index (κ2) is 11.7. The number of urea groups is 1. The molecule has 0 saturated heterocycles. The highest BCUT2D eigenvalue weighted by Gasteiger charge is 2.35. The standard InChI is InChI=1S/C28H35FN4O4/c1-18-15-33(19(2)17-34)27(35)24-12-21(20-8-5-4-6-9-20)14-30-26(24)37-25(18)16-32(3)28(36)31-23-11-7-10-22(29)13-23/h7-8,10-14,18-19,25,34H,4-6,9,15-17H2,1-3H3,(H,31,36)/t18-,19+,25+/m1/s1. The van der Waals surface area contributed by atoms with Crippen molar-refractivity contribution >= 4 is 23.2 Å². The van der Waals surface area contributed by atoms with Gasteiger partial charge >= 0.3 is 6.03 Å². The number of likely N-dealkylation sites (N-methyl/N-ethyl adjacent to an activating group) is 1. The lowest BCUT2D eigenvalue weighted by molar-refractivity contribution is 0.0356. The number of benzene rings is 1. The van der Waals surface area contributed by atoms with Gasteiger partial charge in [0.1, 0.15) is 17.5 Å². The second-order valence-corrected chi connectivity index (χ2v) is 10.00. The largest absolute Gasteiger partial charge is 0.472 e. The van der Waals surface area contributed by atoms with Gasteiger partial charge in [0.15, 0.2) is 0 Å². The molecule has 2 heterocycles. The van der Waals surface area contributed by atoms with Crippen LogP contribution < -0.4 is 10.1 Å². The minimum Gasteiger partial charge on any atom is -0.472 e. The molecule has 1 aromatic heterocycles. The minimum absolute atomic E-state index is 0.168. The first kappa shape index (κ1) is 26.6. The zero-order chi connectivity index (χ0) is 26.5. The lowest BCUT2D eigenvalue weighted by Crippen LogP contribution is -2.50. The number of aromatic nitrogens is 1. The molecule has 3 atom stereocenters. The van der Waals surface area contributed by atoms with Crippen molar-refractivity contribution in [3.63, 3.8) is 0 Å². The van der Waals surface area contributed by atoms with Crippen molar-refractivity contribution in [2.24, 2.45) is 5.92 Å². The lowest BCUT2D eigenvalue weighted by atomic mass is 9.93. The summed E-state index contributed by atoms with van der Waals surface area (Å²) in [6, 6.07) is 6.74. The summed E-state index contributed by atoms with van der Waals surface area (Å²) in [6.07, 6.45) is 7.68. The SMILES string of the molecule is C[C@@H]1CN([C@@H](C)CO)C(=O)c2cc(C3=CCCCC3)cnc2O[C@H]1CN(C)C(=O)Nc1cccc(F)c1. The second-order valence-electron chi connectivity index (χ2n) is 10.00. The summed E-state index contributed by atoms with van der Waals surface area (Å²) < 4.78 is 19.8. The van der Waals surface area contributed by atoms with E-state index in [0.29, 0.717) is 17.8 Å². The number of ether oxygens (including phenoxy) is 1. The average Bonchev–Trinajstić information content (AvgIpc) is 2.90. The number of anilines is 1. The van der Waals surface area contributed by atoms with Gasteiger partial charge in [-0.25, -0.2) is 14.2 Å². The molecule has 1 aromatic carbocycles. The summed E-state index contributed by atoms with van der Waals surface area (Å²) >= 11 is 0. The number of carbonyl (C=O) groups is 2. The molecule has 4 rings (SSSR count). The first-order valence-corrected chi connectivity index (χ1v) is 12.8. The van der Waals surface area contributed by atoms with Crippen molar-refractivity contribution in [2.45, 2.75) is 51.7 Å². The van der Waals surface area contributed by atoms with E-state index in [1.807, 2.05) is 13.0 Å². The smallest absolute Gasteiger partial charge is 0.321 e. The molecule has 0 bridgehead atoms. The molecule has 0 unspecified atom stereocenters. The van der Waals surface area contributed by atoms with Crippen molar-refractivity contribution in [1.82, 2.24) is 14.8 Å². The van der Waals surface area contributed by atoms with Crippen molar-refractivity contribution in [2.75, 3.05) is 32.1 Å². The van der Waals surface area contributed by atoms with Crippen molar-refractivity contribution in [3.8, 4) is 5.88 Å². The molecule has 2 aliphatic rings. The van der Waals surface area contributed by atoms with E-state index in [4.69, 9.17) is 4.74 Å². The molecular formula is C28H35FN4O4. The Morgan fingerprint density at radius 2 is 2.16 bits per heavy atom. The van der Waals surface area contributed by atoms with E-state index >= 15 is 0 Å². The molecule has 1 aliphatic carbocycles. The number of allylic oxidation sites excluding steroid dienone is 2. The van der Waals surface area contributed by atoms with Crippen LogP contribution in [0.4, 0.5) is 14.9 Å². The van der Waals surface area contributed by atoms with E-state index in [1.54, 1.807) is 31.1 Å². The first-order valence-electron chi connectivity index (χ1n) is 12.8. The number of nitrogens with zero attached hydrogens (tertiary/aromatic N) is 3. The van der Waals surface area contributed by atoms with Crippen molar-refractivity contribution < 1.29 is 23.8 Å². The van der Waals surface area contributed by atoms with Gasteiger partial charge < -0.3 is 25.0 Å². The summed E-state index contributed by atoms with van der Waals surface area (Å²) in [4.78, 5) is 34.1. The molecule has 3 amide bonds. The first-order chi connectivity index (χ1) is 17.8. The van der Waals surface area contributed by atoms with Crippen LogP contribution in [0.1, 0.15) is 55.5 Å². The Morgan fingerprint density at radius 3 is 2.86 bits per heavy atom. The van der Waals surface area contributed by atoms with Crippen LogP contribution in [0.2, 0.25) is 0 Å². The van der Waals surface area contributed by atoms with E-state index in [1.165, 1.54) is 28.7 Å². The number of aliphatic hydroxyl groups is 1. The number of hydrogen-bond donors (Lipinski definition) is 2. The summed E-state index contributed by atoms with van der Waals surface area (Å²) in [7, 11) is 1.63. The van der Waals surface area contributed by atoms with Crippen LogP contribution in [0.25, 0.3) is 5.57 Å². The number of rotatable bonds is 6. The Bertz CT molecular complexity index is 1170. The number of fused-ring (bicyclic) bond motifs is 1. The Morgan fingerprint density at radius 1 is 1.35 bits per heavy atom. The zero-order valence-electron chi connectivity index (χ0n) is 21.6. The van der Waals surface area contributed by atoms with Gasteiger partial charge in [-0.05, 0) is 68.0 Å². The van der Waals surface area contributed by atoms with Crippen molar-refractivity contribution in [1.29, 1.82) is 0 Å². The van der Waals surface area contributed by atoms with Gasteiger partial charge in [-0.1, -0.05) is 19.1 Å². The summed E-state index contributed by atoms with van der Waals surface area (Å²) in [5, 5.41) is 12.6. The number of aliphatic hydroxyl groups excluding tert-OH is 1. The fourth-order valence-corrected chi connectivity index (χ4v) is 4.73. The van der Waals surface area contributed by atoms with Crippen molar-refractivity contribution in [3.05, 3.63) is 59.5 Å². The number of nitrogens with one attached hydrogen (secondary N) is 1. The summed E-state index contributed by atoms with van der Waals surface area (Å²) in [6.45, 7) is 4.14. The molecule has 0 fully saturated rings. The highest BCUT2D eigenvalue weighted by Crippen LogP contribution is 2.32. The maximum absolute atomic E-state index is 13.6. The van der Waals surface area contributed by atoms with Crippen LogP contribution in [0.15, 0.2) is 42.6 Å². The Labute approximate surface area is 217 Å². The van der Waals surface area contributed by atoms with Gasteiger partial charge in [0.05, 0.1) is 19.2 Å². The van der Waals surface area contributed by atoms with Crippen LogP contribution in [0.3, 0.4) is 0 Å². The maximum Gasteiger partial charge on any atom is 0.321 e. The number of carbonyl (C=O) groups excluding carboxylic acids is 2. The minimum atomic E-state index is -0.476. The number of hydrogen-bond acceptors (Lipinski definition) is 5. The van der Waals surface area contributed by atoms with Crippen LogP contribution >= 0.6 is 0 Å². The van der Waals surface area contributed by atoms with Gasteiger partial charge in [0.25, 0.3) is 5.91 Å². The lowest BCUT2D eigenvalue weighted by Gasteiger charge is -2.37. The van der Waals surface area contributed by atoms with Gasteiger partial charge in [-0.3, -0.25) is 4.79 Å². The Hall–Kier alpha value is -3.46. The summed E-state index contributed by atoms with van der Waals surface area (Å²) in [5.41, 5.74) is 2.79. The van der Waals surface area contributed by atoms with E-state index in [9.17, 15) is 19.1 Å². The monoisotopic (exact) mass is 510 g/mol. The highest BCUT2D eigenvalue weighted by molar-refractivity contribution is 5.97. The maximum atomic E-state index is 13.6. The zero-order valence-corrected chi connectivity index (χ0v) is 21.6. The molecule has 0 radical (unpaired) electrons. The van der Waals surface area contributed by atoms with Gasteiger partial charge in [0, 0.05) is 31.4 Å². The average molecular weight is 511 g/mol.